The van der Waals surface area contributed by atoms with Gasteiger partial charge in [0.25, 0.3) is 0 Å². The lowest BCUT2D eigenvalue weighted by atomic mass is 9.95. The Hall–Kier alpha value is -1.61. The summed E-state index contributed by atoms with van der Waals surface area (Å²) in [6.07, 6.45) is 7.25. The molecule has 2 fully saturated rings. The van der Waals surface area contributed by atoms with E-state index in [4.69, 9.17) is 4.74 Å². The highest BCUT2D eigenvalue weighted by Crippen LogP contribution is 2.34. The number of carbonyl (C=O) groups excluding carboxylic acids is 1. The van der Waals surface area contributed by atoms with Gasteiger partial charge in [-0.2, -0.15) is 0 Å². The predicted octanol–water partition coefficient (Wildman–Crippen LogP) is 2.14. The van der Waals surface area contributed by atoms with E-state index in [2.05, 4.69) is 5.32 Å². The van der Waals surface area contributed by atoms with Gasteiger partial charge >= 0.3 is 0 Å². The Kier molecular flexibility index (Phi) is 3.15. The van der Waals surface area contributed by atoms with Crippen LogP contribution in [0.15, 0.2) is 36.4 Å². The first-order chi connectivity index (χ1) is 8.81. The standard InChI is InChI=1S/C15H17NO2/c17-15(9-6-11-4-2-1-3-5-11)16-13-10-12-7-8-14(13)18-12/h1-6,9,12-14H,7-8,10H2,(H,16,17)/b9-6+/t12-,13+,14+/m0/s1. The molecule has 0 saturated carbocycles. The van der Waals surface area contributed by atoms with Gasteiger partial charge in [-0.3, -0.25) is 4.79 Å². The highest BCUT2D eigenvalue weighted by atomic mass is 16.5. The minimum atomic E-state index is -0.0278. The van der Waals surface area contributed by atoms with Crippen molar-refractivity contribution in [2.75, 3.05) is 0 Å². The van der Waals surface area contributed by atoms with Crippen LogP contribution < -0.4 is 5.32 Å². The molecule has 3 atom stereocenters. The van der Waals surface area contributed by atoms with Crippen molar-refractivity contribution < 1.29 is 9.53 Å². The van der Waals surface area contributed by atoms with Crippen molar-refractivity contribution in [2.24, 2.45) is 0 Å². The lowest BCUT2D eigenvalue weighted by Crippen LogP contribution is -2.40. The van der Waals surface area contributed by atoms with Crippen LogP contribution in [0.25, 0.3) is 6.08 Å². The fourth-order valence-corrected chi connectivity index (χ4v) is 2.76. The van der Waals surface area contributed by atoms with Crippen LogP contribution >= 0.6 is 0 Å². The third-order valence-corrected chi connectivity index (χ3v) is 3.66. The molecule has 3 rings (SSSR count). The first-order valence-electron chi connectivity index (χ1n) is 6.50. The molecule has 94 valence electrons. The molecule has 0 aromatic heterocycles. The van der Waals surface area contributed by atoms with Crippen LogP contribution in [0.4, 0.5) is 0 Å². The second-order valence-corrected chi connectivity index (χ2v) is 4.97. The molecule has 0 radical (unpaired) electrons. The topological polar surface area (TPSA) is 38.3 Å². The van der Waals surface area contributed by atoms with Crippen LogP contribution in [0.3, 0.4) is 0 Å². The summed E-state index contributed by atoms with van der Waals surface area (Å²) in [7, 11) is 0. The zero-order valence-electron chi connectivity index (χ0n) is 10.2. The number of nitrogens with one attached hydrogen (secondary N) is 1. The van der Waals surface area contributed by atoms with E-state index in [0.717, 1.165) is 24.8 Å². The van der Waals surface area contributed by atoms with E-state index in [1.165, 1.54) is 0 Å². The molecule has 2 aliphatic heterocycles. The predicted molar refractivity (Wildman–Crippen MR) is 69.9 cm³/mol. The van der Waals surface area contributed by atoms with E-state index in [9.17, 15) is 4.79 Å². The van der Waals surface area contributed by atoms with Crippen LogP contribution in [0.1, 0.15) is 24.8 Å². The number of benzene rings is 1. The summed E-state index contributed by atoms with van der Waals surface area (Å²) in [5.41, 5.74) is 1.04. The van der Waals surface area contributed by atoms with Crippen LogP contribution in [-0.2, 0) is 9.53 Å². The largest absolute Gasteiger partial charge is 0.373 e. The molecule has 1 amide bonds. The van der Waals surface area contributed by atoms with Crippen LogP contribution in [-0.4, -0.2) is 24.2 Å². The Morgan fingerprint density at radius 3 is 2.78 bits per heavy atom. The van der Waals surface area contributed by atoms with Crippen LogP contribution in [0, 0.1) is 0 Å². The molecule has 2 aliphatic rings. The van der Waals surface area contributed by atoms with E-state index in [1.807, 2.05) is 36.4 Å². The molecule has 3 heteroatoms. The Labute approximate surface area is 107 Å². The fraction of sp³-hybridized carbons (Fsp3) is 0.400. The summed E-state index contributed by atoms with van der Waals surface area (Å²) in [5.74, 6) is -0.0278. The third-order valence-electron chi connectivity index (χ3n) is 3.66. The van der Waals surface area contributed by atoms with Gasteiger partial charge in [-0.15, -0.1) is 0 Å². The SMILES string of the molecule is O=C(/C=C/c1ccccc1)N[C@@H]1C[C@@H]2CC[C@H]1O2. The molecule has 1 aromatic rings. The van der Waals surface area contributed by atoms with E-state index in [0.29, 0.717) is 6.10 Å². The normalized spacial score (nSPS) is 29.9. The molecular formula is C15H17NO2. The summed E-state index contributed by atoms with van der Waals surface area (Å²) >= 11 is 0. The lowest BCUT2D eigenvalue weighted by Gasteiger charge is -2.18. The van der Waals surface area contributed by atoms with Gasteiger partial charge in [0.1, 0.15) is 0 Å². The van der Waals surface area contributed by atoms with Gasteiger partial charge in [0.2, 0.25) is 5.91 Å². The quantitative estimate of drug-likeness (QED) is 0.826. The Morgan fingerprint density at radius 1 is 1.28 bits per heavy atom. The minimum absolute atomic E-state index is 0.0278. The maximum atomic E-state index is 11.8. The molecule has 2 saturated heterocycles. The van der Waals surface area contributed by atoms with Crippen molar-refractivity contribution in [1.29, 1.82) is 0 Å². The maximum Gasteiger partial charge on any atom is 0.244 e. The molecule has 1 N–H and O–H groups in total. The summed E-state index contributed by atoms with van der Waals surface area (Å²) in [6.45, 7) is 0. The highest BCUT2D eigenvalue weighted by Gasteiger charge is 2.41. The number of fused-ring (bicyclic) bond motifs is 2. The summed E-state index contributed by atoms with van der Waals surface area (Å²) in [4.78, 5) is 11.8. The van der Waals surface area contributed by atoms with Crippen LogP contribution in [0.2, 0.25) is 0 Å². The van der Waals surface area contributed by atoms with E-state index < -0.39 is 0 Å². The van der Waals surface area contributed by atoms with E-state index >= 15 is 0 Å². The van der Waals surface area contributed by atoms with Gasteiger partial charge in [0, 0.05) is 6.08 Å². The molecule has 0 unspecified atom stereocenters. The zero-order chi connectivity index (χ0) is 12.4. The van der Waals surface area contributed by atoms with Gasteiger partial charge in [0.15, 0.2) is 0 Å². The third kappa shape index (κ3) is 2.46. The molecule has 0 spiro atoms. The summed E-state index contributed by atoms with van der Waals surface area (Å²) < 4.78 is 5.71. The molecule has 2 bridgehead atoms. The highest BCUT2D eigenvalue weighted by molar-refractivity contribution is 5.91. The number of ether oxygens (including phenoxy) is 1. The van der Waals surface area contributed by atoms with Crippen molar-refractivity contribution in [2.45, 2.75) is 37.5 Å². The van der Waals surface area contributed by atoms with Crippen molar-refractivity contribution in [1.82, 2.24) is 5.32 Å². The average Bonchev–Trinajstić information content (AvgIpc) is 3.00. The molecule has 18 heavy (non-hydrogen) atoms. The Balaban J connectivity index is 1.55. The zero-order valence-corrected chi connectivity index (χ0v) is 10.2. The smallest absolute Gasteiger partial charge is 0.244 e. The van der Waals surface area contributed by atoms with Gasteiger partial charge < -0.3 is 10.1 Å². The Bertz CT molecular complexity index is 455. The number of amides is 1. The van der Waals surface area contributed by atoms with Gasteiger partial charge in [-0.25, -0.2) is 0 Å². The van der Waals surface area contributed by atoms with Gasteiger partial charge in [0.05, 0.1) is 18.2 Å². The average molecular weight is 243 g/mol. The summed E-state index contributed by atoms with van der Waals surface area (Å²) in [6, 6.07) is 10.0. The van der Waals surface area contributed by atoms with Crippen molar-refractivity contribution >= 4 is 12.0 Å². The van der Waals surface area contributed by atoms with E-state index in [1.54, 1.807) is 6.08 Å². The molecule has 1 aromatic carbocycles. The summed E-state index contributed by atoms with van der Waals surface area (Å²) in [5, 5.41) is 3.03. The minimum Gasteiger partial charge on any atom is -0.373 e. The maximum absolute atomic E-state index is 11.8. The second-order valence-electron chi connectivity index (χ2n) is 4.97. The van der Waals surface area contributed by atoms with E-state index in [-0.39, 0.29) is 18.1 Å². The first-order valence-corrected chi connectivity index (χ1v) is 6.50. The monoisotopic (exact) mass is 243 g/mol. The Morgan fingerprint density at radius 2 is 2.11 bits per heavy atom. The molecule has 2 heterocycles. The number of carbonyl (C=O) groups is 1. The lowest BCUT2D eigenvalue weighted by molar-refractivity contribution is -0.117. The van der Waals surface area contributed by atoms with Gasteiger partial charge in [-0.1, -0.05) is 30.3 Å². The van der Waals surface area contributed by atoms with Crippen LogP contribution in [0.5, 0.6) is 0 Å². The molecule has 0 aliphatic carbocycles. The number of rotatable bonds is 3. The molecular weight excluding hydrogens is 226 g/mol. The number of hydrogen-bond donors (Lipinski definition) is 1. The second kappa shape index (κ2) is 4.94. The fourth-order valence-electron chi connectivity index (χ4n) is 2.76. The van der Waals surface area contributed by atoms with Crippen molar-refractivity contribution in [3.63, 3.8) is 0 Å². The number of hydrogen-bond acceptors (Lipinski definition) is 2. The molecule has 3 nitrogen and oxygen atoms in total. The first kappa shape index (κ1) is 11.5. The van der Waals surface area contributed by atoms with Crippen molar-refractivity contribution in [3.05, 3.63) is 42.0 Å². The van der Waals surface area contributed by atoms with Gasteiger partial charge in [-0.05, 0) is 30.9 Å². The van der Waals surface area contributed by atoms with Crippen molar-refractivity contribution in [3.8, 4) is 0 Å².